The Hall–Kier alpha value is -1.33. The first-order chi connectivity index (χ1) is 7.56. The van der Waals surface area contributed by atoms with E-state index in [0.29, 0.717) is 13.0 Å². The van der Waals surface area contributed by atoms with Gasteiger partial charge in [0, 0.05) is 6.54 Å². The molecular weight excluding hydrogens is 226 g/mol. The Morgan fingerprint density at radius 1 is 1.31 bits per heavy atom. The van der Waals surface area contributed by atoms with Crippen LogP contribution < -0.4 is 4.72 Å². The van der Waals surface area contributed by atoms with Crippen LogP contribution in [-0.4, -0.2) is 20.1 Å². The van der Waals surface area contributed by atoms with Crippen molar-refractivity contribution in [2.45, 2.75) is 18.2 Å². The summed E-state index contributed by atoms with van der Waals surface area (Å²) in [7, 11) is -3.45. The fourth-order valence-corrected chi connectivity index (χ4v) is 2.20. The monoisotopic (exact) mass is 241 g/mol. The van der Waals surface area contributed by atoms with E-state index in [4.69, 9.17) is 5.11 Å². The maximum Gasteiger partial charge on any atom is 0.240 e. The maximum atomic E-state index is 11.7. The highest BCUT2D eigenvalue weighted by Crippen LogP contribution is 2.13. The third-order valence-corrected chi connectivity index (χ3v) is 3.46. The topological polar surface area (TPSA) is 66.4 Å². The number of phenols is 1. The van der Waals surface area contributed by atoms with E-state index < -0.39 is 10.0 Å². The van der Waals surface area contributed by atoms with E-state index in [-0.39, 0.29) is 10.6 Å². The van der Waals surface area contributed by atoms with Crippen LogP contribution in [0.4, 0.5) is 0 Å². The van der Waals surface area contributed by atoms with E-state index in [0.717, 1.165) is 0 Å². The van der Waals surface area contributed by atoms with Crippen molar-refractivity contribution >= 4 is 10.0 Å². The zero-order valence-corrected chi connectivity index (χ0v) is 9.87. The van der Waals surface area contributed by atoms with Gasteiger partial charge in [0.1, 0.15) is 5.75 Å². The van der Waals surface area contributed by atoms with Gasteiger partial charge in [0.05, 0.1) is 4.90 Å². The second-order valence-electron chi connectivity index (χ2n) is 3.25. The lowest BCUT2D eigenvalue weighted by Crippen LogP contribution is -2.24. The lowest BCUT2D eigenvalue weighted by Gasteiger charge is -2.05. The fraction of sp³-hybridized carbons (Fsp3) is 0.273. The van der Waals surface area contributed by atoms with Gasteiger partial charge in [-0.05, 0) is 37.6 Å². The number of allylic oxidation sites excluding steroid dienone is 1. The highest BCUT2D eigenvalue weighted by molar-refractivity contribution is 7.89. The van der Waals surface area contributed by atoms with Gasteiger partial charge >= 0.3 is 0 Å². The fourth-order valence-electron chi connectivity index (χ4n) is 1.15. The van der Waals surface area contributed by atoms with Crippen molar-refractivity contribution in [1.29, 1.82) is 0 Å². The van der Waals surface area contributed by atoms with Gasteiger partial charge in [0.15, 0.2) is 0 Å². The Bertz CT molecular complexity index is 449. The molecule has 0 radical (unpaired) electrons. The van der Waals surface area contributed by atoms with E-state index in [2.05, 4.69) is 4.72 Å². The molecule has 0 spiro atoms. The van der Waals surface area contributed by atoms with Gasteiger partial charge in [-0.15, -0.1) is 0 Å². The minimum atomic E-state index is -3.45. The molecule has 1 rings (SSSR count). The van der Waals surface area contributed by atoms with Gasteiger partial charge in [-0.1, -0.05) is 12.2 Å². The van der Waals surface area contributed by atoms with Crippen LogP contribution in [0, 0.1) is 0 Å². The van der Waals surface area contributed by atoms with Gasteiger partial charge in [0.25, 0.3) is 0 Å². The summed E-state index contributed by atoms with van der Waals surface area (Å²) in [5, 5.41) is 9.04. The summed E-state index contributed by atoms with van der Waals surface area (Å²) in [5.41, 5.74) is 0. The van der Waals surface area contributed by atoms with Crippen LogP contribution >= 0.6 is 0 Å². The lowest BCUT2D eigenvalue weighted by molar-refractivity contribution is 0.474. The zero-order valence-electron chi connectivity index (χ0n) is 9.05. The molecule has 0 saturated carbocycles. The van der Waals surface area contributed by atoms with Crippen LogP contribution in [0.25, 0.3) is 0 Å². The van der Waals surface area contributed by atoms with Crippen LogP contribution in [-0.2, 0) is 10.0 Å². The molecule has 0 bridgehead atoms. The molecule has 5 heteroatoms. The molecule has 16 heavy (non-hydrogen) atoms. The number of rotatable bonds is 5. The molecule has 0 heterocycles. The molecule has 0 unspecified atom stereocenters. The molecule has 2 N–H and O–H groups in total. The second-order valence-corrected chi connectivity index (χ2v) is 5.02. The van der Waals surface area contributed by atoms with Crippen molar-refractivity contribution < 1.29 is 13.5 Å². The lowest BCUT2D eigenvalue weighted by atomic mass is 10.3. The smallest absolute Gasteiger partial charge is 0.240 e. The summed E-state index contributed by atoms with van der Waals surface area (Å²) in [4.78, 5) is 0.158. The molecule has 1 aromatic carbocycles. The van der Waals surface area contributed by atoms with Crippen molar-refractivity contribution in [2.24, 2.45) is 0 Å². The molecule has 0 fully saturated rings. The van der Waals surface area contributed by atoms with Crippen molar-refractivity contribution in [3.8, 4) is 5.75 Å². The van der Waals surface area contributed by atoms with Crippen LogP contribution in [0.1, 0.15) is 13.3 Å². The summed E-state index contributed by atoms with van der Waals surface area (Å²) >= 11 is 0. The Morgan fingerprint density at radius 3 is 2.50 bits per heavy atom. The maximum absolute atomic E-state index is 11.7. The van der Waals surface area contributed by atoms with Crippen molar-refractivity contribution in [2.75, 3.05) is 6.54 Å². The average molecular weight is 241 g/mol. The first kappa shape index (κ1) is 12.7. The van der Waals surface area contributed by atoms with Crippen LogP contribution in [0.3, 0.4) is 0 Å². The summed E-state index contributed by atoms with van der Waals surface area (Å²) in [6.45, 7) is 2.25. The number of hydrogen-bond donors (Lipinski definition) is 2. The SMILES string of the molecule is C/C=C/CCNS(=O)(=O)c1ccc(O)cc1. The number of sulfonamides is 1. The quantitative estimate of drug-likeness (QED) is 0.608. The molecule has 88 valence electrons. The molecule has 0 aromatic heterocycles. The molecule has 4 nitrogen and oxygen atoms in total. The summed E-state index contributed by atoms with van der Waals surface area (Å²) in [6.07, 6.45) is 4.42. The summed E-state index contributed by atoms with van der Waals surface area (Å²) in [6, 6.07) is 5.43. The minimum Gasteiger partial charge on any atom is -0.508 e. The van der Waals surface area contributed by atoms with E-state index in [1.807, 2.05) is 19.1 Å². The first-order valence-electron chi connectivity index (χ1n) is 4.96. The Labute approximate surface area is 95.7 Å². The third-order valence-electron chi connectivity index (χ3n) is 1.99. The normalized spacial score (nSPS) is 12.1. The van der Waals surface area contributed by atoms with E-state index >= 15 is 0 Å². The third kappa shape index (κ3) is 3.67. The summed E-state index contributed by atoms with van der Waals surface area (Å²) < 4.78 is 25.8. The van der Waals surface area contributed by atoms with Gasteiger partial charge < -0.3 is 5.11 Å². The molecule has 0 atom stereocenters. The molecule has 0 aliphatic heterocycles. The Balaban J connectivity index is 2.67. The van der Waals surface area contributed by atoms with Crippen molar-refractivity contribution in [3.63, 3.8) is 0 Å². The molecule has 0 aliphatic rings. The number of nitrogens with one attached hydrogen (secondary N) is 1. The van der Waals surface area contributed by atoms with Crippen LogP contribution in [0.2, 0.25) is 0 Å². The van der Waals surface area contributed by atoms with E-state index in [9.17, 15) is 8.42 Å². The standard InChI is InChI=1S/C11H15NO3S/c1-2-3-4-9-12-16(14,15)11-7-5-10(13)6-8-11/h2-3,5-8,12-13H,4,9H2,1H3/b3-2+. The summed E-state index contributed by atoms with van der Waals surface area (Å²) in [5.74, 6) is 0.0490. The number of aromatic hydroxyl groups is 1. The Kier molecular flexibility index (Phi) is 4.52. The van der Waals surface area contributed by atoms with Crippen molar-refractivity contribution in [3.05, 3.63) is 36.4 Å². The van der Waals surface area contributed by atoms with Gasteiger partial charge in [0.2, 0.25) is 10.0 Å². The molecule has 0 aliphatic carbocycles. The van der Waals surface area contributed by atoms with Gasteiger partial charge in [-0.25, -0.2) is 13.1 Å². The first-order valence-corrected chi connectivity index (χ1v) is 6.44. The predicted molar refractivity (Wildman–Crippen MR) is 62.7 cm³/mol. The molecule has 1 aromatic rings. The predicted octanol–water partition coefficient (Wildman–Crippen LogP) is 1.64. The van der Waals surface area contributed by atoms with Crippen LogP contribution in [0.5, 0.6) is 5.75 Å². The molecular formula is C11H15NO3S. The minimum absolute atomic E-state index is 0.0490. The number of benzene rings is 1. The number of phenolic OH excluding ortho intramolecular Hbond substituents is 1. The highest BCUT2D eigenvalue weighted by atomic mass is 32.2. The van der Waals surface area contributed by atoms with E-state index in [1.54, 1.807) is 0 Å². The highest BCUT2D eigenvalue weighted by Gasteiger charge is 2.12. The van der Waals surface area contributed by atoms with Gasteiger partial charge in [-0.2, -0.15) is 0 Å². The van der Waals surface area contributed by atoms with Crippen molar-refractivity contribution in [1.82, 2.24) is 4.72 Å². The van der Waals surface area contributed by atoms with E-state index in [1.165, 1.54) is 24.3 Å². The van der Waals surface area contributed by atoms with Crippen LogP contribution in [0.15, 0.2) is 41.3 Å². The molecule has 0 saturated heterocycles. The second kappa shape index (κ2) is 5.67. The average Bonchev–Trinajstić information content (AvgIpc) is 2.25. The zero-order chi connectivity index (χ0) is 12.0. The van der Waals surface area contributed by atoms with Gasteiger partial charge in [-0.3, -0.25) is 0 Å². The largest absolute Gasteiger partial charge is 0.508 e. The Morgan fingerprint density at radius 2 is 1.94 bits per heavy atom. The molecule has 0 amide bonds. The number of hydrogen-bond acceptors (Lipinski definition) is 3.